The van der Waals surface area contributed by atoms with Gasteiger partial charge in [-0.1, -0.05) is 17.7 Å². The van der Waals surface area contributed by atoms with E-state index in [4.69, 9.17) is 11.6 Å². The first kappa shape index (κ1) is 15.2. The highest BCUT2D eigenvalue weighted by molar-refractivity contribution is 5.82. The number of anilines is 1. The van der Waals surface area contributed by atoms with Gasteiger partial charge >= 0.3 is 0 Å². The lowest BCUT2D eigenvalue weighted by atomic mass is 9.95. The van der Waals surface area contributed by atoms with Crippen molar-refractivity contribution in [2.24, 2.45) is 16.7 Å². The van der Waals surface area contributed by atoms with E-state index in [2.05, 4.69) is 46.5 Å². The first-order valence-corrected chi connectivity index (χ1v) is 7.05. The molecule has 0 spiro atoms. The molecule has 0 unspecified atom stereocenters. The van der Waals surface area contributed by atoms with Crippen molar-refractivity contribution < 1.29 is 0 Å². The van der Waals surface area contributed by atoms with Gasteiger partial charge in [0.2, 0.25) is 5.96 Å². The Hall–Kier alpha value is -2.21. The average Bonchev–Trinajstić information content (AvgIpc) is 2.47. The van der Waals surface area contributed by atoms with Gasteiger partial charge in [0.1, 0.15) is 0 Å². The van der Waals surface area contributed by atoms with E-state index in [1.54, 1.807) is 7.05 Å². The number of rotatable bonds is 3. The molecule has 0 saturated heterocycles. The molecule has 21 heavy (non-hydrogen) atoms. The van der Waals surface area contributed by atoms with Crippen LogP contribution in [-0.4, -0.2) is 43.2 Å². The Balaban J connectivity index is 2.21. The highest BCUT2D eigenvalue weighted by atomic mass is 15.6. The maximum absolute atomic E-state index is 6.00. The van der Waals surface area contributed by atoms with Crippen LogP contribution >= 0.6 is 0 Å². The Morgan fingerprint density at radius 1 is 1.33 bits per heavy atom. The Bertz CT molecular complexity index is 544. The third kappa shape index (κ3) is 3.66. The van der Waals surface area contributed by atoms with E-state index >= 15 is 0 Å². The topological polar surface area (TPSA) is 82.9 Å². The lowest BCUT2D eigenvalue weighted by Gasteiger charge is -2.31. The third-order valence-electron chi connectivity index (χ3n) is 3.73. The van der Waals surface area contributed by atoms with Crippen LogP contribution in [0.1, 0.15) is 18.9 Å². The van der Waals surface area contributed by atoms with Crippen molar-refractivity contribution in [1.29, 1.82) is 0 Å². The van der Waals surface area contributed by atoms with Crippen molar-refractivity contribution in [1.82, 2.24) is 10.0 Å². The predicted molar refractivity (Wildman–Crippen MR) is 88.3 cm³/mol. The molecule has 0 saturated carbocycles. The zero-order valence-corrected chi connectivity index (χ0v) is 12.9. The number of nitrogens with one attached hydrogen (secondary N) is 1. The van der Waals surface area contributed by atoms with Crippen LogP contribution in [0.3, 0.4) is 0 Å². The summed E-state index contributed by atoms with van der Waals surface area (Å²) in [6, 6.07) is 8.44. The summed E-state index contributed by atoms with van der Waals surface area (Å²) in [4.78, 5) is 2.05. The third-order valence-corrected chi connectivity index (χ3v) is 3.73. The molecule has 0 radical (unpaired) electrons. The van der Waals surface area contributed by atoms with Crippen molar-refractivity contribution in [3.8, 4) is 0 Å². The van der Waals surface area contributed by atoms with Crippen LogP contribution in [0, 0.1) is 0 Å². The predicted octanol–water partition coefficient (Wildman–Crippen LogP) is 1.24. The Labute approximate surface area is 126 Å². The SMILES string of the molecule is CNc1ccc(C2=C(C)CCN(/C(N)=N/N(C)N)C2)cc1. The molecule has 1 aliphatic rings. The van der Waals surface area contributed by atoms with E-state index in [0.29, 0.717) is 5.96 Å². The van der Waals surface area contributed by atoms with Crippen molar-refractivity contribution in [2.75, 3.05) is 32.5 Å². The molecule has 114 valence electrons. The fourth-order valence-electron chi connectivity index (χ4n) is 2.45. The van der Waals surface area contributed by atoms with Crippen LogP contribution in [0.5, 0.6) is 0 Å². The first-order valence-electron chi connectivity index (χ1n) is 7.05. The van der Waals surface area contributed by atoms with Gasteiger partial charge in [-0.05, 0) is 36.6 Å². The maximum atomic E-state index is 6.00. The van der Waals surface area contributed by atoms with Gasteiger partial charge in [0, 0.05) is 32.9 Å². The molecule has 1 heterocycles. The molecular formula is C15H24N6. The fraction of sp³-hybridized carbons (Fsp3) is 0.400. The van der Waals surface area contributed by atoms with Crippen molar-refractivity contribution in [2.45, 2.75) is 13.3 Å². The second-order valence-corrected chi connectivity index (χ2v) is 5.29. The lowest BCUT2D eigenvalue weighted by Crippen LogP contribution is -2.43. The molecule has 6 heteroatoms. The minimum Gasteiger partial charge on any atom is -0.388 e. The van der Waals surface area contributed by atoms with Crippen LogP contribution in [-0.2, 0) is 0 Å². The van der Waals surface area contributed by atoms with Crippen LogP contribution < -0.4 is 16.9 Å². The number of hydrogen-bond acceptors (Lipinski definition) is 4. The number of nitrogens with zero attached hydrogens (tertiary/aromatic N) is 3. The number of nitrogens with two attached hydrogens (primary N) is 2. The molecule has 0 atom stereocenters. The van der Waals surface area contributed by atoms with Gasteiger partial charge in [0.15, 0.2) is 0 Å². The van der Waals surface area contributed by atoms with Crippen LogP contribution in [0.2, 0.25) is 0 Å². The van der Waals surface area contributed by atoms with E-state index < -0.39 is 0 Å². The summed E-state index contributed by atoms with van der Waals surface area (Å²) in [5, 5.41) is 8.45. The van der Waals surface area contributed by atoms with Gasteiger partial charge < -0.3 is 16.0 Å². The summed E-state index contributed by atoms with van der Waals surface area (Å²) in [7, 11) is 3.58. The molecule has 0 bridgehead atoms. The molecule has 5 N–H and O–H groups in total. The van der Waals surface area contributed by atoms with E-state index in [1.165, 1.54) is 21.8 Å². The van der Waals surface area contributed by atoms with E-state index in [9.17, 15) is 0 Å². The van der Waals surface area contributed by atoms with Crippen molar-refractivity contribution in [3.63, 3.8) is 0 Å². The summed E-state index contributed by atoms with van der Waals surface area (Å²) in [6.45, 7) is 3.81. The molecule has 0 aliphatic carbocycles. The van der Waals surface area contributed by atoms with Gasteiger partial charge in [0.25, 0.3) is 0 Å². The first-order chi connectivity index (χ1) is 10.0. The monoisotopic (exact) mass is 288 g/mol. The van der Waals surface area contributed by atoms with E-state index in [1.807, 2.05) is 7.05 Å². The Morgan fingerprint density at radius 2 is 2.00 bits per heavy atom. The quantitative estimate of drug-likeness (QED) is 0.337. The summed E-state index contributed by atoms with van der Waals surface area (Å²) in [5.41, 5.74) is 11.0. The minimum absolute atomic E-state index is 0.455. The number of hydrazone groups is 1. The van der Waals surface area contributed by atoms with Gasteiger partial charge in [-0.2, -0.15) is 0 Å². The van der Waals surface area contributed by atoms with Gasteiger partial charge in [0.05, 0.1) is 0 Å². The second-order valence-electron chi connectivity index (χ2n) is 5.29. The van der Waals surface area contributed by atoms with Crippen LogP contribution in [0.4, 0.5) is 5.69 Å². The molecule has 0 aromatic heterocycles. The molecule has 1 aliphatic heterocycles. The molecule has 0 fully saturated rings. The standard InChI is InChI=1S/C15H24N6/c1-11-8-9-21(15(16)19-20(3)17)10-14(11)12-4-6-13(18-2)7-5-12/h4-7,18H,8-10,17H2,1-3H3,(H2,16,19). The van der Waals surface area contributed by atoms with Crippen molar-refractivity contribution in [3.05, 3.63) is 35.4 Å². The second kappa shape index (κ2) is 6.49. The Morgan fingerprint density at radius 3 is 2.57 bits per heavy atom. The summed E-state index contributed by atoms with van der Waals surface area (Å²) in [6.07, 6.45) is 0.980. The fourth-order valence-corrected chi connectivity index (χ4v) is 2.45. The highest BCUT2D eigenvalue weighted by Gasteiger charge is 2.19. The molecule has 0 amide bonds. The highest BCUT2D eigenvalue weighted by Crippen LogP contribution is 2.27. The molecule has 1 aromatic carbocycles. The summed E-state index contributed by atoms with van der Waals surface area (Å²) < 4.78 is 0. The zero-order valence-electron chi connectivity index (χ0n) is 12.9. The van der Waals surface area contributed by atoms with Gasteiger partial charge in [-0.25, -0.2) is 11.0 Å². The van der Waals surface area contributed by atoms with Crippen LogP contribution in [0.25, 0.3) is 5.57 Å². The largest absolute Gasteiger partial charge is 0.388 e. The lowest BCUT2D eigenvalue weighted by molar-refractivity contribution is 0.350. The Kier molecular flexibility index (Phi) is 4.70. The molecular weight excluding hydrogens is 264 g/mol. The maximum Gasteiger partial charge on any atom is 0.215 e. The molecule has 1 aromatic rings. The van der Waals surface area contributed by atoms with Gasteiger partial charge in [-0.15, -0.1) is 5.10 Å². The molecule has 6 nitrogen and oxygen atoms in total. The number of hydrogen-bond donors (Lipinski definition) is 3. The van der Waals surface area contributed by atoms with Crippen molar-refractivity contribution >= 4 is 17.2 Å². The average molecular weight is 288 g/mol. The van der Waals surface area contributed by atoms with Gasteiger partial charge in [-0.3, -0.25) is 0 Å². The van der Waals surface area contributed by atoms with Crippen LogP contribution in [0.15, 0.2) is 34.9 Å². The normalized spacial score (nSPS) is 16.2. The zero-order chi connectivity index (χ0) is 15.4. The number of benzene rings is 1. The number of guanidine groups is 1. The summed E-state index contributed by atoms with van der Waals surface area (Å²) in [5.74, 6) is 5.98. The van der Waals surface area contributed by atoms with E-state index in [0.717, 1.165) is 25.2 Å². The smallest absolute Gasteiger partial charge is 0.215 e. The van der Waals surface area contributed by atoms with E-state index in [-0.39, 0.29) is 0 Å². The molecule has 2 rings (SSSR count). The number of hydrazine groups is 1. The minimum atomic E-state index is 0.455. The summed E-state index contributed by atoms with van der Waals surface area (Å²) >= 11 is 0.